The molecule has 0 saturated carbocycles. The second kappa shape index (κ2) is 6.70. The number of benzene rings is 1. The molecule has 2 aromatic rings. The van der Waals surface area contributed by atoms with Crippen LogP contribution in [0.15, 0.2) is 30.5 Å². The number of hydrogen-bond donors (Lipinski definition) is 0. The molecular formula is C16H19N3O3. The molecule has 1 aliphatic rings. The second-order valence-corrected chi connectivity index (χ2v) is 5.37. The molecule has 0 radical (unpaired) electrons. The zero-order valence-electron chi connectivity index (χ0n) is 12.6. The van der Waals surface area contributed by atoms with E-state index in [-0.39, 0.29) is 18.6 Å². The van der Waals surface area contributed by atoms with Crippen molar-refractivity contribution in [3.63, 3.8) is 0 Å². The van der Waals surface area contributed by atoms with Gasteiger partial charge in [-0.1, -0.05) is 18.2 Å². The third kappa shape index (κ3) is 3.17. The molecule has 1 aromatic carbocycles. The molecule has 1 saturated heterocycles. The molecule has 3 rings (SSSR count). The zero-order chi connectivity index (χ0) is 15.4. The van der Waals surface area contributed by atoms with E-state index in [1.54, 1.807) is 6.20 Å². The quantitative estimate of drug-likeness (QED) is 0.859. The largest absolute Gasteiger partial charge is 0.473 e. The van der Waals surface area contributed by atoms with Crippen molar-refractivity contribution in [2.75, 3.05) is 26.8 Å². The normalized spacial score (nSPS) is 16.0. The van der Waals surface area contributed by atoms with Crippen LogP contribution in [0, 0.1) is 0 Å². The summed E-state index contributed by atoms with van der Waals surface area (Å²) in [6.07, 6.45) is 3.38. The number of likely N-dealkylation sites (tertiary alicyclic amines) is 1. The minimum Gasteiger partial charge on any atom is -0.473 e. The molecule has 22 heavy (non-hydrogen) atoms. The van der Waals surface area contributed by atoms with Gasteiger partial charge in [-0.3, -0.25) is 4.79 Å². The van der Waals surface area contributed by atoms with E-state index in [1.165, 1.54) is 7.11 Å². The lowest BCUT2D eigenvalue weighted by atomic mass is 10.1. The lowest BCUT2D eigenvalue weighted by Gasteiger charge is -2.31. The van der Waals surface area contributed by atoms with Crippen molar-refractivity contribution in [1.29, 1.82) is 0 Å². The van der Waals surface area contributed by atoms with E-state index in [4.69, 9.17) is 9.47 Å². The fraction of sp³-hybridized carbons (Fsp3) is 0.438. The van der Waals surface area contributed by atoms with E-state index in [9.17, 15) is 4.79 Å². The summed E-state index contributed by atoms with van der Waals surface area (Å²) >= 11 is 0. The Morgan fingerprint density at radius 2 is 2.09 bits per heavy atom. The van der Waals surface area contributed by atoms with Crippen LogP contribution in [0.3, 0.4) is 0 Å². The third-order valence-corrected chi connectivity index (χ3v) is 3.88. The van der Waals surface area contributed by atoms with Crippen LogP contribution >= 0.6 is 0 Å². The molecule has 6 nitrogen and oxygen atoms in total. The summed E-state index contributed by atoms with van der Waals surface area (Å²) in [4.78, 5) is 13.6. The molecule has 1 aromatic heterocycles. The Labute approximate surface area is 129 Å². The van der Waals surface area contributed by atoms with Crippen LogP contribution in [0.5, 0.6) is 5.88 Å². The molecular weight excluding hydrogens is 282 g/mol. The van der Waals surface area contributed by atoms with Gasteiger partial charge in [0.05, 0.1) is 6.20 Å². The highest BCUT2D eigenvalue weighted by Crippen LogP contribution is 2.24. The Hall–Kier alpha value is -2.21. The molecule has 2 heterocycles. The van der Waals surface area contributed by atoms with E-state index in [1.807, 2.05) is 29.2 Å². The smallest absolute Gasteiger partial charge is 0.248 e. The van der Waals surface area contributed by atoms with Crippen molar-refractivity contribution in [3.8, 4) is 5.88 Å². The number of aromatic nitrogens is 2. The van der Waals surface area contributed by atoms with E-state index >= 15 is 0 Å². The van der Waals surface area contributed by atoms with Gasteiger partial charge >= 0.3 is 0 Å². The van der Waals surface area contributed by atoms with Crippen LogP contribution in [0.1, 0.15) is 12.8 Å². The predicted octanol–water partition coefficient (Wildman–Crippen LogP) is 1.65. The van der Waals surface area contributed by atoms with Gasteiger partial charge in [-0.05, 0) is 6.07 Å². The number of rotatable bonds is 4. The van der Waals surface area contributed by atoms with Crippen molar-refractivity contribution < 1.29 is 14.3 Å². The highest BCUT2D eigenvalue weighted by molar-refractivity contribution is 5.85. The Bertz CT molecular complexity index is 649. The lowest BCUT2D eigenvalue weighted by Crippen LogP contribution is -2.43. The minimum absolute atomic E-state index is 0.0332. The summed E-state index contributed by atoms with van der Waals surface area (Å²) in [5.41, 5.74) is 0. The van der Waals surface area contributed by atoms with Crippen LogP contribution in [0.2, 0.25) is 0 Å². The molecule has 0 aliphatic carbocycles. The Kier molecular flexibility index (Phi) is 4.48. The first kappa shape index (κ1) is 14.7. The van der Waals surface area contributed by atoms with Gasteiger partial charge in [0.25, 0.3) is 0 Å². The summed E-state index contributed by atoms with van der Waals surface area (Å²) in [7, 11) is 1.53. The van der Waals surface area contributed by atoms with Gasteiger partial charge < -0.3 is 14.4 Å². The number of hydrogen-bond acceptors (Lipinski definition) is 5. The maximum atomic E-state index is 11.8. The van der Waals surface area contributed by atoms with E-state index in [0.29, 0.717) is 19.0 Å². The van der Waals surface area contributed by atoms with Crippen LogP contribution in [0.25, 0.3) is 10.8 Å². The average molecular weight is 301 g/mol. The second-order valence-electron chi connectivity index (χ2n) is 5.37. The number of carbonyl (C=O) groups excluding carboxylic acids is 1. The Morgan fingerprint density at radius 3 is 2.86 bits per heavy atom. The molecule has 0 bridgehead atoms. The monoisotopic (exact) mass is 301 g/mol. The number of carbonyl (C=O) groups is 1. The van der Waals surface area contributed by atoms with Crippen molar-refractivity contribution in [3.05, 3.63) is 30.5 Å². The first-order valence-corrected chi connectivity index (χ1v) is 7.41. The van der Waals surface area contributed by atoms with Gasteiger partial charge in [0.2, 0.25) is 11.8 Å². The standard InChI is InChI=1S/C16H19N3O3/c1-21-11-15(20)19-8-6-13(7-9-19)22-16-14-5-3-2-4-12(14)10-17-18-16/h2-5,10,13H,6-9,11H2,1H3. The van der Waals surface area contributed by atoms with Crippen LogP contribution < -0.4 is 4.74 Å². The third-order valence-electron chi connectivity index (χ3n) is 3.88. The summed E-state index contributed by atoms with van der Waals surface area (Å²) in [6, 6.07) is 7.90. The Morgan fingerprint density at radius 1 is 1.32 bits per heavy atom. The van der Waals surface area contributed by atoms with Crippen molar-refractivity contribution in [1.82, 2.24) is 15.1 Å². The molecule has 1 aliphatic heterocycles. The minimum atomic E-state index is 0.0332. The van der Waals surface area contributed by atoms with Gasteiger partial charge in [0.15, 0.2) is 0 Å². The van der Waals surface area contributed by atoms with Crippen LogP contribution in [-0.4, -0.2) is 53.9 Å². The topological polar surface area (TPSA) is 64.5 Å². The highest BCUT2D eigenvalue weighted by Gasteiger charge is 2.24. The molecule has 0 unspecified atom stereocenters. The number of amides is 1. The number of fused-ring (bicyclic) bond motifs is 1. The van der Waals surface area contributed by atoms with Gasteiger partial charge in [-0.25, -0.2) is 0 Å². The molecule has 0 spiro atoms. The van der Waals surface area contributed by atoms with Crippen LogP contribution in [0.4, 0.5) is 0 Å². The van der Waals surface area contributed by atoms with Crippen molar-refractivity contribution in [2.45, 2.75) is 18.9 Å². The fourth-order valence-corrected chi connectivity index (χ4v) is 2.68. The van der Waals surface area contributed by atoms with E-state index in [2.05, 4.69) is 10.2 Å². The van der Waals surface area contributed by atoms with Crippen molar-refractivity contribution in [2.24, 2.45) is 0 Å². The molecule has 1 fully saturated rings. The summed E-state index contributed by atoms with van der Waals surface area (Å²) in [6.45, 7) is 1.51. The van der Waals surface area contributed by atoms with Gasteiger partial charge in [-0.2, -0.15) is 5.10 Å². The van der Waals surface area contributed by atoms with Gasteiger partial charge in [-0.15, -0.1) is 5.10 Å². The molecule has 0 atom stereocenters. The lowest BCUT2D eigenvalue weighted by molar-refractivity contribution is -0.136. The molecule has 6 heteroatoms. The maximum absolute atomic E-state index is 11.8. The van der Waals surface area contributed by atoms with Gasteiger partial charge in [0, 0.05) is 43.8 Å². The van der Waals surface area contributed by atoms with Crippen LogP contribution in [-0.2, 0) is 9.53 Å². The summed E-state index contributed by atoms with van der Waals surface area (Å²) < 4.78 is 10.9. The number of ether oxygens (including phenoxy) is 2. The highest BCUT2D eigenvalue weighted by atomic mass is 16.5. The predicted molar refractivity (Wildman–Crippen MR) is 81.6 cm³/mol. The number of nitrogens with zero attached hydrogens (tertiary/aromatic N) is 3. The molecule has 0 N–H and O–H groups in total. The van der Waals surface area contributed by atoms with Crippen molar-refractivity contribution >= 4 is 16.7 Å². The number of piperidine rings is 1. The Balaban J connectivity index is 1.64. The van der Waals surface area contributed by atoms with E-state index in [0.717, 1.165) is 23.6 Å². The zero-order valence-corrected chi connectivity index (χ0v) is 12.6. The molecule has 116 valence electrons. The number of methoxy groups -OCH3 is 1. The maximum Gasteiger partial charge on any atom is 0.248 e. The average Bonchev–Trinajstić information content (AvgIpc) is 2.56. The summed E-state index contributed by atoms with van der Waals surface area (Å²) in [5.74, 6) is 0.602. The molecule has 1 amide bonds. The fourth-order valence-electron chi connectivity index (χ4n) is 2.68. The first-order chi connectivity index (χ1) is 10.8. The first-order valence-electron chi connectivity index (χ1n) is 7.41. The SMILES string of the molecule is COCC(=O)N1CCC(Oc2nncc3ccccc23)CC1. The summed E-state index contributed by atoms with van der Waals surface area (Å²) in [5, 5.41) is 10.1. The van der Waals surface area contributed by atoms with Gasteiger partial charge in [0.1, 0.15) is 12.7 Å². The van der Waals surface area contributed by atoms with E-state index < -0.39 is 0 Å².